The van der Waals surface area contributed by atoms with Gasteiger partial charge >= 0.3 is 0 Å². The Kier molecular flexibility index (Phi) is 2.65. The van der Waals surface area contributed by atoms with Crippen LogP contribution in [0.25, 0.3) is 0 Å². The number of alkyl halides is 2. The second-order valence-corrected chi connectivity index (χ2v) is 2.18. The molecule has 0 radical (unpaired) electrons. The summed E-state index contributed by atoms with van der Waals surface area (Å²) in [5, 5.41) is 8.76. The van der Waals surface area contributed by atoms with Gasteiger partial charge in [-0.1, -0.05) is 0 Å². The van der Waals surface area contributed by atoms with Crippen LogP contribution < -0.4 is 0 Å². The summed E-state index contributed by atoms with van der Waals surface area (Å²) in [7, 11) is 0. The molecule has 1 aromatic rings. The second-order valence-electron chi connectivity index (χ2n) is 2.18. The molecule has 1 heterocycles. The predicted molar refractivity (Wildman–Crippen MR) is 35.2 cm³/mol. The van der Waals surface area contributed by atoms with Gasteiger partial charge in [-0.2, -0.15) is 0 Å². The van der Waals surface area contributed by atoms with E-state index < -0.39 is 23.9 Å². The lowest BCUT2D eigenvalue weighted by Gasteiger charge is -2.09. The van der Waals surface area contributed by atoms with Gasteiger partial charge in [-0.05, 0) is 6.07 Å². The van der Waals surface area contributed by atoms with Gasteiger partial charge in [0.05, 0.1) is 6.20 Å². The van der Waals surface area contributed by atoms with E-state index in [1.807, 2.05) is 0 Å². The molecule has 12 heavy (non-hydrogen) atoms. The van der Waals surface area contributed by atoms with Crippen LogP contribution in [0, 0.1) is 5.82 Å². The quantitative estimate of drug-likeness (QED) is 0.742. The van der Waals surface area contributed by atoms with Gasteiger partial charge in [-0.25, -0.2) is 13.2 Å². The number of aromatic nitrogens is 1. The van der Waals surface area contributed by atoms with E-state index in [1.54, 1.807) is 0 Å². The number of hydrogen-bond acceptors (Lipinski definition) is 2. The van der Waals surface area contributed by atoms with Gasteiger partial charge in [0.25, 0.3) is 6.43 Å². The average molecular weight is 177 g/mol. The summed E-state index contributed by atoms with van der Waals surface area (Å²) in [4.78, 5) is 3.36. The SMILES string of the molecule is OC(c1ccncc1F)C(F)F. The molecule has 1 rings (SSSR count). The minimum Gasteiger partial charge on any atom is -0.382 e. The molecule has 0 amide bonds. The molecule has 2 nitrogen and oxygen atoms in total. The van der Waals surface area contributed by atoms with Crippen molar-refractivity contribution in [3.63, 3.8) is 0 Å². The topological polar surface area (TPSA) is 33.1 Å². The highest BCUT2D eigenvalue weighted by Crippen LogP contribution is 2.21. The third kappa shape index (κ3) is 1.73. The first-order valence-corrected chi connectivity index (χ1v) is 3.18. The second kappa shape index (κ2) is 3.53. The van der Waals surface area contributed by atoms with Crippen LogP contribution in [0.4, 0.5) is 13.2 Å². The molecule has 5 heteroatoms. The molecule has 1 atom stereocenters. The van der Waals surface area contributed by atoms with Crippen molar-refractivity contribution < 1.29 is 18.3 Å². The predicted octanol–water partition coefficient (Wildman–Crippen LogP) is 1.52. The number of pyridine rings is 1. The summed E-state index contributed by atoms with van der Waals surface area (Å²) in [6.07, 6.45) is -3.14. The van der Waals surface area contributed by atoms with Crippen molar-refractivity contribution in [3.8, 4) is 0 Å². The fourth-order valence-electron chi connectivity index (χ4n) is 0.762. The summed E-state index contributed by atoms with van der Waals surface area (Å²) in [6.45, 7) is 0. The first-order chi connectivity index (χ1) is 5.63. The van der Waals surface area contributed by atoms with Crippen molar-refractivity contribution in [1.29, 1.82) is 0 Å². The normalized spacial score (nSPS) is 13.4. The number of aliphatic hydroxyl groups excluding tert-OH is 1. The molecule has 0 spiro atoms. The molecule has 1 unspecified atom stereocenters. The highest BCUT2D eigenvalue weighted by atomic mass is 19.3. The highest BCUT2D eigenvalue weighted by Gasteiger charge is 2.21. The van der Waals surface area contributed by atoms with Crippen molar-refractivity contribution in [3.05, 3.63) is 29.8 Å². The van der Waals surface area contributed by atoms with Gasteiger partial charge in [0.2, 0.25) is 0 Å². The van der Waals surface area contributed by atoms with E-state index in [4.69, 9.17) is 5.11 Å². The summed E-state index contributed by atoms with van der Waals surface area (Å²) < 4.78 is 36.4. The van der Waals surface area contributed by atoms with Crippen molar-refractivity contribution in [1.82, 2.24) is 4.98 Å². The Hall–Kier alpha value is -1.10. The monoisotopic (exact) mass is 177 g/mol. The van der Waals surface area contributed by atoms with E-state index in [0.29, 0.717) is 0 Å². The molecular formula is C7H6F3NO. The van der Waals surface area contributed by atoms with Gasteiger partial charge < -0.3 is 5.11 Å². The summed E-state index contributed by atoms with van der Waals surface area (Å²) in [6, 6.07) is 1.02. The lowest BCUT2D eigenvalue weighted by atomic mass is 10.1. The van der Waals surface area contributed by atoms with Crippen LogP contribution in [0.15, 0.2) is 18.5 Å². The van der Waals surface area contributed by atoms with Crippen LogP contribution in [0.3, 0.4) is 0 Å². The van der Waals surface area contributed by atoms with Crippen molar-refractivity contribution >= 4 is 0 Å². The maximum atomic E-state index is 12.6. The molecule has 0 aliphatic carbocycles. The zero-order valence-corrected chi connectivity index (χ0v) is 5.92. The van der Waals surface area contributed by atoms with Crippen LogP contribution in [0.2, 0.25) is 0 Å². The zero-order chi connectivity index (χ0) is 9.14. The third-order valence-corrected chi connectivity index (χ3v) is 1.36. The van der Waals surface area contributed by atoms with E-state index >= 15 is 0 Å². The van der Waals surface area contributed by atoms with Crippen LogP contribution in [0.1, 0.15) is 11.7 Å². The summed E-state index contributed by atoms with van der Waals surface area (Å²) in [5.41, 5.74) is -0.431. The Morgan fingerprint density at radius 3 is 2.58 bits per heavy atom. The molecule has 0 aliphatic heterocycles. The maximum absolute atomic E-state index is 12.6. The molecule has 66 valence electrons. The van der Waals surface area contributed by atoms with Crippen molar-refractivity contribution in [2.45, 2.75) is 12.5 Å². The Morgan fingerprint density at radius 2 is 2.08 bits per heavy atom. The van der Waals surface area contributed by atoms with Gasteiger partial charge in [-0.15, -0.1) is 0 Å². The van der Waals surface area contributed by atoms with Crippen molar-refractivity contribution in [2.24, 2.45) is 0 Å². The lowest BCUT2D eigenvalue weighted by molar-refractivity contribution is -0.00778. The molecular weight excluding hydrogens is 171 g/mol. The van der Waals surface area contributed by atoms with E-state index in [0.717, 1.165) is 18.5 Å². The van der Waals surface area contributed by atoms with Crippen LogP contribution in [0.5, 0.6) is 0 Å². The van der Waals surface area contributed by atoms with E-state index in [1.165, 1.54) is 0 Å². The van der Waals surface area contributed by atoms with Crippen LogP contribution in [-0.4, -0.2) is 16.5 Å². The minimum atomic E-state index is -2.98. The highest BCUT2D eigenvalue weighted by molar-refractivity contribution is 5.15. The standard InChI is InChI=1S/C7H6F3NO/c8-5-3-11-2-1-4(5)6(12)7(9)10/h1-3,6-7,12H. The molecule has 1 N–H and O–H groups in total. The lowest BCUT2D eigenvalue weighted by Crippen LogP contribution is -2.09. The zero-order valence-electron chi connectivity index (χ0n) is 5.92. The molecule has 0 aliphatic rings. The first-order valence-electron chi connectivity index (χ1n) is 3.18. The van der Waals surface area contributed by atoms with Gasteiger partial charge in [0, 0.05) is 11.8 Å². The van der Waals surface area contributed by atoms with Crippen LogP contribution in [-0.2, 0) is 0 Å². The maximum Gasteiger partial charge on any atom is 0.268 e. The molecule has 0 saturated heterocycles. The number of nitrogens with zero attached hydrogens (tertiary/aromatic N) is 1. The van der Waals surface area contributed by atoms with Crippen molar-refractivity contribution in [2.75, 3.05) is 0 Å². The fraction of sp³-hybridized carbons (Fsp3) is 0.286. The molecule has 1 aromatic heterocycles. The number of hydrogen-bond donors (Lipinski definition) is 1. The minimum absolute atomic E-state index is 0.431. The average Bonchev–Trinajstić information content (AvgIpc) is 2.04. The number of rotatable bonds is 2. The van der Waals surface area contributed by atoms with Gasteiger partial charge in [0.1, 0.15) is 11.9 Å². The molecule has 0 aromatic carbocycles. The van der Waals surface area contributed by atoms with Crippen LogP contribution >= 0.6 is 0 Å². The van der Waals surface area contributed by atoms with E-state index in [2.05, 4.69) is 4.98 Å². The Bertz CT molecular complexity index is 267. The van der Waals surface area contributed by atoms with E-state index in [-0.39, 0.29) is 0 Å². The summed E-state index contributed by atoms with van der Waals surface area (Å²) in [5.74, 6) is -0.926. The van der Waals surface area contributed by atoms with Gasteiger partial charge in [0.15, 0.2) is 0 Å². The first kappa shape index (κ1) is 8.99. The Morgan fingerprint density at radius 1 is 1.42 bits per heavy atom. The number of aliphatic hydroxyl groups is 1. The molecule has 0 saturated carbocycles. The Labute approximate surface area is 66.7 Å². The number of halogens is 3. The summed E-state index contributed by atoms with van der Waals surface area (Å²) >= 11 is 0. The van der Waals surface area contributed by atoms with E-state index in [9.17, 15) is 13.2 Å². The largest absolute Gasteiger partial charge is 0.382 e. The third-order valence-electron chi connectivity index (χ3n) is 1.36. The Balaban J connectivity index is 2.94. The molecule has 0 fully saturated rings. The van der Waals surface area contributed by atoms with Gasteiger partial charge in [-0.3, -0.25) is 4.98 Å². The fourth-order valence-corrected chi connectivity index (χ4v) is 0.762. The molecule has 0 bridgehead atoms. The smallest absolute Gasteiger partial charge is 0.268 e.